The Morgan fingerprint density at radius 3 is 2.71 bits per heavy atom. The molecule has 17 heavy (non-hydrogen) atoms. The Bertz CT molecular complexity index is 527. The summed E-state index contributed by atoms with van der Waals surface area (Å²) in [6.45, 7) is 2.07. The third kappa shape index (κ3) is 2.72. The van der Waals surface area contributed by atoms with Crippen molar-refractivity contribution >= 4 is 38.9 Å². The fourth-order valence-electron chi connectivity index (χ4n) is 1.75. The average molecular weight is 332 g/mol. The molecule has 0 amide bonds. The Labute approximate surface area is 118 Å². The van der Waals surface area contributed by atoms with Gasteiger partial charge < -0.3 is 0 Å². The molecule has 0 aliphatic heterocycles. The zero-order valence-electron chi connectivity index (χ0n) is 9.21. The van der Waals surface area contributed by atoms with Crippen LogP contribution in [0.2, 0.25) is 4.34 Å². The van der Waals surface area contributed by atoms with Crippen LogP contribution in [0.15, 0.2) is 34.8 Å². The van der Waals surface area contributed by atoms with E-state index in [1.54, 1.807) is 0 Å². The summed E-state index contributed by atoms with van der Waals surface area (Å²) in [6.07, 6.45) is 0. The van der Waals surface area contributed by atoms with Gasteiger partial charge in [-0.2, -0.15) is 0 Å². The summed E-state index contributed by atoms with van der Waals surface area (Å²) in [4.78, 5) is 1.11. The molecule has 1 atom stereocenters. The molecule has 1 aromatic carbocycles. The first kappa shape index (κ1) is 13.1. The molecule has 1 unspecified atom stereocenters. The number of hydrazine groups is 1. The molecule has 5 heteroatoms. The van der Waals surface area contributed by atoms with Crippen molar-refractivity contribution in [1.82, 2.24) is 5.43 Å². The number of hydrogen-bond acceptors (Lipinski definition) is 3. The summed E-state index contributed by atoms with van der Waals surface area (Å²) in [5.41, 5.74) is 5.18. The van der Waals surface area contributed by atoms with Gasteiger partial charge in [0.25, 0.3) is 0 Å². The summed E-state index contributed by atoms with van der Waals surface area (Å²) >= 11 is 11.0. The summed E-state index contributed by atoms with van der Waals surface area (Å²) in [6, 6.07) is 9.96. The molecule has 0 radical (unpaired) electrons. The minimum atomic E-state index is -0.0231. The van der Waals surface area contributed by atoms with Crippen LogP contribution in [0.1, 0.15) is 22.0 Å². The van der Waals surface area contributed by atoms with E-state index < -0.39 is 0 Å². The molecule has 0 saturated heterocycles. The van der Waals surface area contributed by atoms with Crippen molar-refractivity contribution in [2.45, 2.75) is 13.0 Å². The van der Waals surface area contributed by atoms with E-state index >= 15 is 0 Å². The highest BCUT2D eigenvalue weighted by Gasteiger charge is 2.17. The Kier molecular flexibility index (Phi) is 4.22. The maximum Gasteiger partial charge on any atom is 0.0931 e. The van der Waals surface area contributed by atoms with Gasteiger partial charge in [0, 0.05) is 9.35 Å². The third-order valence-electron chi connectivity index (χ3n) is 2.67. The van der Waals surface area contributed by atoms with Crippen LogP contribution in [0.3, 0.4) is 0 Å². The van der Waals surface area contributed by atoms with E-state index in [2.05, 4.69) is 34.3 Å². The van der Waals surface area contributed by atoms with Gasteiger partial charge in [-0.3, -0.25) is 5.84 Å². The lowest BCUT2D eigenvalue weighted by molar-refractivity contribution is 0.643. The molecular formula is C12H12BrClN2S. The molecule has 3 N–H and O–H groups in total. The molecule has 2 rings (SSSR count). The standard InChI is InChI=1S/C12H12BrClN2S/c1-7-8(3-2-4-9(7)13)12(16-15)10-5-6-11(14)17-10/h2-6,12,16H,15H2,1H3. The second-order valence-corrected chi connectivity index (χ2v) is 6.30. The van der Waals surface area contributed by atoms with Crippen LogP contribution in [0.4, 0.5) is 0 Å². The van der Waals surface area contributed by atoms with Crippen LogP contribution in [0.5, 0.6) is 0 Å². The predicted octanol–water partition coefficient (Wildman–Crippen LogP) is 4.03. The molecule has 2 nitrogen and oxygen atoms in total. The van der Waals surface area contributed by atoms with Crippen molar-refractivity contribution in [2.75, 3.05) is 0 Å². The minimum absolute atomic E-state index is 0.0231. The first-order valence-electron chi connectivity index (χ1n) is 5.10. The van der Waals surface area contributed by atoms with Crippen LogP contribution < -0.4 is 11.3 Å². The topological polar surface area (TPSA) is 38.0 Å². The summed E-state index contributed by atoms with van der Waals surface area (Å²) in [7, 11) is 0. The normalized spacial score (nSPS) is 12.7. The average Bonchev–Trinajstić information content (AvgIpc) is 2.72. The van der Waals surface area contributed by atoms with Crippen molar-refractivity contribution in [2.24, 2.45) is 5.84 Å². The molecule has 0 aliphatic carbocycles. The highest BCUT2D eigenvalue weighted by molar-refractivity contribution is 9.10. The second-order valence-electron chi connectivity index (χ2n) is 3.70. The van der Waals surface area contributed by atoms with Gasteiger partial charge in [-0.05, 0) is 36.2 Å². The Morgan fingerprint density at radius 1 is 1.35 bits per heavy atom. The smallest absolute Gasteiger partial charge is 0.0931 e. The lowest BCUT2D eigenvalue weighted by Crippen LogP contribution is -2.28. The number of nitrogens with one attached hydrogen (secondary N) is 1. The van der Waals surface area contributed by atoms with Gasteiger partial charge in [-0.15, -0.1) is 11.3 Å². The number of nitrogens with two attached hydrogens (primary N) is 1. The maximum atomic E-state index is 5.96. The number of rotatable bonds is 3. The van der Waals surface area contributed by atoms with Crippen molar-refractivity contribution in [3.05, 3.63) is 55.1 Å². The fraction of sp³-hybridized carbons (Fsp3) is 0.167. The molecule has 0 spiro atoms. The second kappa shape index (κ2) is 5.50. The third-order valence-corrected chi connectivity index (χ3v) is 4.82. The number of benzene rings is 1. The van der Waals surface area contributed by atoms with E-state index in [4.69, 9.17) is 17.4 Å². The molecule has 1 aromatic heterocycles. The quantitative estimate of drug-likeness (QED) is 0.658. The predicted molar refractivity (Wildman–Crippen MR) is 77.4 cm³/mol. The van der Waals surface area contributed by atoms with Gasteiger partial charge in [-0.1, -0.05) is 39.7 Å². The van der Waals surface area contributed by atoms with Crippen LogP contribution in [-0.4, -0.2) is 0 Å². The number of halogens is 2. The largest absolute Gasteiger partial charge is 0.271 e. The number of hydrogen-bond donors (Lipinski definition) is 2. The van der Waals surface area contributed by atoms with E-state index in [9.17, 15) is 0 Å². The molecule has 0 aliphatic rings. The molecular weight excluding hydrogens is 320 g/mol. The van der Waals surface area contributed by atoms with Gasteiger partial charge in [0.2, 0.25) is 0 Å². The molecule has 0 fully saturated rings. The Balaban J connectivity index is 2.45. The monoisotopic (exact) mass is 330 g/mol. The highest BCUT2D eigenvalue weighted by Crippen LogP contribution is 2.33. The Hall–Kier alpha value is -0.390. The number of thiophene rings is 1. The first-order chi connectivity index (χ1) is 8.13. The Morgan fingerprint density at radius 2 is 2.12 bits per heavy atom. The summed E-state index contributed by atoms with van der Waals surface area (Å²) < 4.78 is 1.85. The van der Waals surface area contributed by atoms with E-state index in [1.807, 2.05) is 24.3 Å². The summed E-state index contributed by atoms with van der Waals surface area (Å²) in [5, 5.41) is 0. The van der Waals surface area contributed by atoms with Crippen LogP contribution in [-0.2, 0) is 0 Å². The van der Waals surface area contributed by atoms with E-state index in [1.165, 1.54) is 16.9 Å². The lowest BCUT2D eigenvalue weighted by atomic mass is 10.0. The van der Waals surface area contributed by atoms with Crippen molar-refractivity contribution in [3.8, 4) is 0 Å². The molecule has 0 bridgehead atoms. The lowest BCUT2D eigenvalue weighted by Gasteiger charge is -2.17. The minimum Gasteiger partial charge on any atom is -0.271 e. The first-order valence-corrected chi connectivity index (χ1v) is 7.08. The van der Waals surface area contributed by atoms with Gasteiger partial charge in [0.05, 0.1) is 10.4 Å². The SMILES string of the molecule is Cc1c(Br)cccc1C(NN)c1ccc(Cl)s1. The van der Waals surface area contributed by atoms with Crippen molar-refractivity contribution < 1.29 is 0 Å². The van der Waals surface area contributed by atoms with Gasteiger partial charge in [0.15, 0.2) is 0 Å². The highest BCUT2D eigenvalue weighted by atomic mass is 79.9. The fourth-order valence-corrected chi connectivity index (χ4v) is 3.27. The van der Waals surface area contributed by atoms with Crippen LogP contribution in [0, 0.1) is 6.92 Å². The van der Waals surface area contributed by atoms with Crippen molar-refractivity contribution in [1.29, 1.82) is 0 Å². The zero-order chi connectivity index (χ0) is 12.4. The molecule has 0 saturated carbocycles. The maximum absolute atomic E-state index is 5.96. The van der Waals surface area contributed by atoms with E-state index in [-0.39, 0.29) is 6.04 Å². The molecule has 2 aromatic rings. The molecule has 90 valence electrons. The van der Waals surface area contributed by atoms with E-state index in [0.717, 1.165) is 19.2 Å². The van der Waals surface area contributed by atoms with Gasteiger partial charge in [0.1, 0.15) is 0 Å². The molecule has 1 heterocycles. The summed E-state index contributed by atoms with van der Waals surface area (Å²) in [5.74, 6) is 5.66. The van der Waals surface area contributed by atoms with Crippen molar-refractivity contribution in [3.63, 3.8) is 0 Å². The van der Waals surface area contributed by atoms with Crippen LogP contribution in [0.25, 0.3) is 0 Å². The zero-order valence-corrected chi connectivity index (χ0v) is 12.4. The van der Waals surface area contributed by atoms with Crippen LogP contribution >= 0.6 is 38.9 Å². The van der Waals surface area contributed by atoms with Gasteiger partial charge >= 0.3 is 0 Å². The van der Waals surface area contributed by atoms with E-state index in [0.29, 0.717) is 0 Å². The van der Waals surface area contributed by atoms with Gasteiger partial charge in [-0.25, -0.2) is 5.43 Å².